The highest BCUT2D eigenvalue weighted by atomic mass is 16.2. The Morgan fingerprint density at radius 1 is 1.29 bits per heavy atom. The third kappa shape index (κ3) is 2.53. The fourth-order valence-electron chi connectivity index (χ4n) is 3.15. The molecule has 24 heavy (non-hydrogen) atoms. The van der Waals surface area contributed by atoms with Crippen molar-refractivity contribution in [3.05, 3.63) is 36.0 Å². The summed E-state index contributed by atoms with van der Waals surface area (Å²) >= 11 is 0. The molecule has 1 aliphatic heterocycles. The van der Waals surface area contributed by atoms with Gasteiger partial charge in [-0.3, -0.25) is 24.2 Å². The molecule has 0 bridgehead atoms. The number of aromatic nitrogens is 4. The van der Waals surface area contributed by atoms with Gasteiger partial charge < -0.3 is 4.90 Å². The number of aryl methyl sites for hydroxylation is 1. The van der Waals surface area contributed by atoms with E-state index in [0.29, 0.717) is 5.82 Å². The Kier molecular flexibility index (Phi) is 4.04. The van der Waals surface area contributed by atoms with Gasteiger partial charge in [-0.15, -0.1) is 0 Å². The van der Waals surface area contributed by atoms with Gasteiger partial charge in [0.2, 0.25) is 11.8 Å². The van der Waals surface area contributed by atoms with Gasteiger partial charge in [0, 0.05) is 51.2 Å². The average Bonchev–Trinajstić information content (AvgIpc) is 3.07. The molecule has 0 aromatic carbocycles. The third-order valence-corrected chi connectivity index (χ3v) is 4.72. The Morgan fingerprint density at radius 2 is 2.04 bits per heavy atom. The second kappa shape index (κ2) is 6.03. The first-order valence-electron chi connectivity index (χ1n) is 7.69. The Hall–Kier alpha value is -2.77. The monoisotopic (exact) mass is 328 g/mol. The van der Waals surface area contributed by atoms with E-state index < -0.39 is 5.92 Å². The molecule has 0 N–H and O–H groups in total. The van der Waals surface area contributed by atoms with E-state index in [0.717, 1.165) is 11.3 Å². The van der Waals surface area contributed by atoms with Crippen LogP contribution in [-0.4, -0.2) is 50.6 Å². The largest absolute Gasteiger partial charge is 0.338 e. The molecule has 8 nitrogen and oxygen atoms in total. The maximum Gasteiger partial charge on any atom is 0.233 e. The van der Waals surface area contributed by atoms with Crippen molar-refractivity contribution < 1.29 is 9.59 Å². The molecule has 3 rings (SSSR count). The van der Waals surface area contributed by atoms with E-state index in [1.807, 2.05) is 14.0 Å². The summed E-state index contributed by atoms with van der Waals surface area (Å²) in [5.74, 6) is -0.209. The predicted octanol–water partition coefficient (Wildman–Crippen LogP) is 0.701. The van der Waals surface area contributed by atoms with Gasteiger partial charge in [0.1, 0.15) is 0 Å². The molecule has 2 amide bonds. The number of likely N-dealkylation sites (tertiary alicyclic amines) is 1. The molecule has 1 fully saturated rings. The maximum absolute atomic E-state index is 13.0. The van der Waals surface area contributed by atoms with Gasteiger partial charge in [-0.1, -0.05) is 0 Å². The van der Waals surface area contributed by atoms with E-state index in [1.54, 1.807) is 36.1 Å². The second-order valence-corrected chi connectivity index (χ2v) is 6.03. The molecule has 0 saturated carbocycles. The summed E-state index contributed by atoms with van der Waals surface area (Å²) in [4.78, 5) is 36.5. The standard InChI is InChI=1S/C16H20N6O2/c1-10-12(8-19-22(10)4)15-11(7-14(23)21(15)3)16(24)20(2)13-9-17-5-6-18-13/h5-6,8-9,11,15H,7H2,1-4H3/t11-,15-/m0/s1. The summed E-state index contributed by atoms with van der Waals surface area (Å²) < 4.78 is 1.75. The number of hydrogen-bond acceptors (Lipinski definition) is 5. The average molecular weight is 328 g/mol. The molecular formula is C16H20N6O2. The zero-order valence-corrected chi connectivity index (χ0v) is 14.2. The zero-order valence-electron chi connectivity index (χ0n) is 14.2. The molecule has 2 atom stereocenters. The number of hydrogen-bond donors (Lipinski definition) is 0. The number of carbonyl (C=O) groups excluding carboxylic acids is 2. The number of nitrogens with zero attached hydrogens (tertiary/aromatic N) is 6. The van der Waals surface area contributed by atoms with Crippen LogP contribution in [0.15, 0.2) is 24.8 Å². The van der Waals surface area contributed by atoms with E-state index >= 15 is 0 Å². The highest BCUT2D eigenvalue weighted by Crippen LogP contribution is 2.39. The van der Waals surface area contributed by atoms with Crippen molar-refractivity contribution in [3.63, 3.8) is 0 Å². The van der Waals surface area contributed by atoms with Crippen molar-refractivity contribution in [2.75, 3.05) is 19.0 Å². The fraction of sp³-hybridized carbons (Fsp3) is 0.438. The van der Waals surface area contributed by atoms with Crippen molar-refractivity contribution in [3.8, 4) is 0 Å². The van der Waals surface area contributed by atoms with Crippen LogP contribution >= 0.6 is 0 Å². The molecule has 0 aliphatic carbocycles. The minimum absolute atomic E-state index is 0.0471. The number of anilines is 1. The quantitative estimate of drug-likeness (QED) is 0.828. The normalized spacial score (nSPS) is 20.5. The molecule has 0 unspecified atom stereocenters. The van der Waals surface area contributed by atoms with Crippen LogP contribution in [0.3, 0.4) is 0 Å². The molecule has 0 spiro atoms. The van der Waals surface area contributed by atoms with Crippen LogP contribution in [-0.2, 0) is 16.6 Å². The Bertz CT molecular complexity index is 772. The van der Waals surface area contributed by atoms with Crippen molar-refractivity contribution >= 4 is 17.6 Å². The Balaban J connectivity index is 1.94. The van der Waals surface area contributed by atoms with Crippen molar-refractivity contribution in [1.82, 2.24) is 24.6 Å². The summed E-state index contributed by atoms with van der Waals surface area (Å²) in [6.07, 6.45) is 6.53. The molecule has 1 saturated heterocycles. The minimum atomic E-state index is -0.475. The van der Waals surface area contributed by atoms with Crippen LogP contribution in [0.1, 0.15) is 23.7 Å². The van der Waals surface area contributed by atoms with Crippen LogP contribution < -0.4 is 4.90 Å². The molecule has 126 valence electrons. The summed E-state index contributed by atoms with van der Waals surface area (Å²) in [6.45, 7) is 1.94. The summed E-state index contributed by atoms with van der Waals surface area (Å²) in [5.41, 5.74) is 1.85. The highest BCUT2D eigenvalue weighted by molar-refractivity contribution is 5.98. The Morgan fingerprint density at radius 3 is 2.62 bits per heavy atom. The Labute approximate surface area is 140 Å². The summed E-state index contributed by atoms with van der Waals surface area (Å²) in [7, 11) is 5.23. The van der Waals surface area contributed by atoms with Gasteiger partial charge in [0.05, 0.1) is 24.4 Å². The second-order valence-electron chi connectivity index (χ2n) is 6.03. The van der Waals surface area contributed by atoms with E-state index in [4.69, 9.17) is 0 Å². The van der Waals surface area contributed by atoms with Crippen molar-refractivity contribution in [2.45, 2.75) is 19.4 Å². The molecular weight excluding hydrogens is 308 g/mol. The lowest BCUT2D eigenvalue weighted by molar-refractivity contribution is -0.128. The summed E-state index contributed by atoms with van der Waals surface area (Å²) in [5, 5.41) is 4.25. The first-order chi connectivity index (χ1) is 11.4. The van der Waals surface area contributed by atoms with E-state index in [9.17, 15) is 9.59 Å². The first kappa shape index (κ1) is 16.1. The lowest BCUT2D eigenvalue weighted by atomic mass is 9.93. The highest BCUT2D eigenvalue weighted by Gasteiger charge is 2.45. The number of amides is 2. The molecule has 2 aromatic heterocycles. The van der Waals surface area contributed by atoms with Crippen molar-refractivity contribution in [2.24, 2.45) is 13.0 Å². The van der Waals surface area contributed by atoms with Crippen LogP contribution in [0.2, 0.25) is 0 Å². The zero-order chi connectivity index (χ0) is 17.4. The lowest BCUT2D eigenvalue weighted by Gasteiger charge is -2.27. The van der Waals surface area contributed by atoms with E-state index in [1.165, 1.54) is 17.3 Å². The summed E-state index contributed by atoms with van der Waals surface area (Å²) in [6, 6.07) is -0.321. The SMILES string of the molecule is Cc1c([C@@H]2[C@@H](C(=O)N(C)c3cnccn3)CC(=O)N2C)cnn1C. The minimum Gasteiger partial charge on any atom is -0.338 e. The predicted molar refractivity (Wildman–Crippen MR) is 87.0 cm³/mol. The van der Waals surface area contributed by atoms with Gasteiger partial charge in [-0.05, 0) is 6.92 Å². The third-order valence-electron chi connectivity index (χ3n) is 4.72. The van der Waals surface area contributed by atoms with Gasteiger partial charge in [-0.25, -0.2) is 4.98 Å². The van der Waals surface area contributed by atoms with E-state index in [-0.39, 0.29) is 24.3 Å². The van der Waals surface area contributed by atoms with Gasteiger partial charge in [-0.2, -0.15) is 5.10 Å². The molecule has 2 aromatic rings. The van der Waals surface area contributed by atoms with Crippen LogP contribution in [0.25, 0.3) is 0 Å². The van der Waals surface area contributed by atoms with Gasteiger partial charge in [0.25, 0.3) is 0 Å². The number of rotatable bonds is 3. The lowest BCUT2D eigenvalue weighted by Crippen LogP contribution is -2.36. The maximum atomic E-state index is 13.0. The number of carbonyl (C=O) groups is 2. The van der Waals surface area contributed by atoms with Crippen LogP contribution in [0, 0.1) is 12.8 Å². The first-order valence-corrected chi connectivity index (χ1v) is 7.69. The molecule has 3 heterocycles. The van der Waals surface area contributed by atoms with Gasteiger partial charge in [0.15, 0.2) is 5.82 Å². The smallest absolute Gasteiger partial charge is 0.233 e. The van der Waals surface area contributed by atoms with Crippen LogP contribution in [0.5, 0.6) is 0 Å². The fourth-order valence-corrected chi connectivity index (χ4v) is 3.15. The topological polar surface area (TPSA) is 84.2 Å². The molecule has 8 heteroatoms. The molecule has 0 radical (unpaired) electrons. The van der Waals surface area contributed by atoms with E-state index in [2.05, 4.69) is 15.1 Å². The van der Waals surface area contributed by atoms with Crippen LogP contribution in [0.4, 0.5) is 5.82 Å². The van der Waals surface area contributed by atoms with Gasteiger partial charge >= 0.3 is 0 Å². The molecule has 1 aliphatic rings. The van der Waals surface area contributed by atoms with Crippen molar-refractivity contribution in [1.29, 1.82) is 0 Å².